The van der Waals surface area contributed by atoms with Crippen LogP contribution in [0.25, 0.3) is 5.69 Å². The lowest BCUT2D eigenvalue weighted by molar-refractivity contribution is -0.113. The lowest BCUT2D eigenvalue weighted by atomic mass is 10.2. The zero-order valence-electron chi connectivity index (χ0n) is 12.6. The van der Waals surface area contributed by atoms with Crippen molar-refractivity contribution in [3.8, 4) is 5.69 Å². The fourth-order valence-corrected chi connectivity index (χ4v) is 2.94. The third-order valence-corrected chi connectivity index (χ3v) is 4.39. The Hall–Kier alpha value is -2.45. The van der Waals surface area contributed by atoms with Gasteiger partial charge in [-0.05, 0) is 36.4 Å². The molecule has 0 aliphatic carbocycles. The molecule has 3 aromatic rings. The highest BCUT2D eigenvalue weighted by Gasteiger charge is 2.11. The normalized spacial score (nSPS) is 10.7. The largest absolute Gasteiger partial charge is 0.323 e. The molecule has 0 aliphatic rings. The number of carbonyl (C=O) groups excluding carboxylic acids is 1. The van der Waals surface area contributed by atoms with E-state index in [-0.39, 0.29) is 11.7 Å². The topological polar surface area (TPSA) is 59.8 Å². The molecule has 128 valence electrons. The molecule has 0 bridgehead atoms. The Labute approximate surface area is 151 Å². The molecule has 0 fully saturated rings. The number of carbonyl (C=O) groups is 1. The van der Waals surface area contributed by atoms with E-state index < -0.39 is 11.6 Å². The second-order valence-corrected chi connectivity index (χ2v) is 6.40. The van der Waals surface area contributed by atoms with Gasteiger partial charge in [0.05, 0.1) is 17.1 Å². The van der Waals surface area contributed by atoms with Gasteiger partial charge in [0.2, 0.25) is 5.91 Å². The van der Waals surface area contributed by atoms with Gasteiger partial charge in [-0.2, -0.15) is 5.10 Å². The molecule has 1 N–H and O–H groups in total. The minimum Gasteiger partial charge on any atom is -0.323 e. The fraction of sp³-hybridized carbons (Fsp3) is 0.0625. The maximum atomic E-state index is 13.2. The molecule has 0 unspecified atom stereocenters. The summed E-state index contributed by atoms with van der Waals surface area (Å²) in [5.41, 5.74) is 1.07. The van der Waals surface area contributed by atoms with Crippen molar-refractivity contribution >= 4 is 35.0 Å². The van der Waals surface area contributed by atoms with Crippen LogP contribution in [0.5, 0.6) is 0 Å². The Morgan fingerprint density at radius 1 is 1.20 bits per heavy atom. The maximum Gasteiger partial charge on any atom is 0.234 e. The van der Waals surface area contributed by atoms with E-state index in [9.17, 15) is 13.6 Å². The average molecular weight is 381 g/mol. The smallest absolute Gasteiger partial charge is 0.234 e. The number of benzene rings is 2. The van der Waals surface area contributed by atoms with E-state index in [2.05, 4.69) is 15.4 Å². The molecule has 0 atom stereocenters. The first-order valence-corrected chi connectivity index (χ1v) is 8.41. The molecule has 1 heterocycles. The van der Waals surface area contributed by atoms with Gasteiger partial charge in [-0.1, -0.05) is 11.6 Å². The number of anilines is 1. The second-order valence-electron chi connectivity index (χ2n) is 4.91. The van der Waals surface area contributed by atoms with Crippen LogP contribution >= 0.6 is 23.4 Å². The van der Waals surface area contributed by atoms with E-state index in [0.29, 0.717) is 21.3 Å². The Balaban J connectivity index is 1.70. The van der Waals surface area contributed by atoms with Crippen molar-refractivity contribution in [2.24, 2.45) is 0 Å². The van der Waals surface area contributed by atoms with Crippen LogP contribution in [-0.2, 0) is 4.79 Å². The minimum atomic E-state index is -0.950. The summed E-state index contributed by atoms with van der Waals surface area (Å²) in [4.78, 5) is 16.5. The molecule has 1 aromatic heterocycles. The van der Waals surface area contributed by atoms with Crippen LogP contribution in [0.15, 0.2) is 53.9 Å². The molecule has 5 nitrogen and oxygen atoms in total. The van der Waals surface area contributed by atoms with E-state index >= 15 is 0 Å². The first kappa shape index (κ1) is 17.4. The number of halogens is 3. The Morgan fingerprint density at radius 3 is 2.76 bits per heavy atom. The van der Waals surface area contributed by atoms with Gasteiger partial charge in [0, 0.05) is 9.92 Å². The molecule has 0 radical (unpaired) electrons. The van der Waals surface area contributed by atoms with Crippen LogP contribution in [0.4, 0.5) is 14.5 Å². The third-order valence-electron chi connectivity index (χ3n) is 3.16. The zero-order chi connectivity index (χ0) is 17.8. The molecule has 0 aliphatic heterocycles. The third kappa shape index (κ3) is 4.34. The highest BCUT2D eigenvalue weighted by Crippen LogP contribution is 2.25. The van der Waals surface area contributed by atoms with Crippen LogP contribution in [0.3, 0.4) is 0 Å². The number of nitrogens with zero attached hydrogens (tertiary/aromatic N) is 3. The van der Waals surface area contributed by atoms with Crippen molar-refractivity contribution in [3.05, 3.63) is 65.7 Å². The maximum absolute atomic E-state index is 13.2. The lowest BCUT2D eigenvalue weighted by Gasteiger charge is -2.11. The van der Waals surface area contributed by atoms with E-state index in [1.165, 1.54) is 23.4 Å². The standard InChI is InChI=1S/C16H11ClF2N4OS/c17-10-1-4-15(23-9-20-8-21-23)14(5-10)22-16(24)7-25-11-2-3-12(18)13(19)6-11/h1-6,8-9H,7H2,(H,22,24). The van der Waals surface area contributed by atoms with Crippen molar-refractivity contribution in [3.63, 3.8) is 0 Å². The molecule has 0 spiro atoms. The van der Waals surface area contributed by atoms with E-state index in [4.69, 9.17) is 11.6 Å². The van der Waals surface area contributed by atoms with E-state index in [0.717, 1.165) is 23.9 Å². The summed E-state index contributed by atoms with van der Waals surface area (Å²) in [6, 6.07) is 8.46. The number of hydrogen-bond acceptors (Lipinski definition) is 4. The molecule has 3 rings (SSSR count). The molecule has 2 aromatic carbocycles. The van der Waals surface area contributed by atoms with Gasteiger partial charge < -0.3 is 5.32 Å². The van der Waals surface area contributed by atoms with Crippen LogP contribution < -0.4 is 5.32 Å². The SMILES string of the molecule is O=C(CSc1ccc(F)c(F)c1)Nc1cc(Cl)ccc1-n1cncn1. The van der Waals surface area contributed by atoms with Gasteiger partial charge in [-0.15, -0.1) is 11.8 Å². The second kappa shape index (κ2) is 7.62. The van der Waals surface area contributed by atoms with Crippen molar-refractivity contribution in [2.45, 2.75) is 4.90 Å². The molecular formula is C16H11ClF2N4OS. The molecule has 25 heavy (non-hydrogen) atoms. The Morgan fingerprint density at radius 2 is 2.04 bits per heavy atom. The fourth-order valence-electron chi connectivity index (χ4n) is 2.04. The Kier molecular flexibility index (Phi) is 5.30. The van der Waals surface area contributed by atoms with Crippen molar-refractivity contribution < 1.29 is 13.6 Å². The van der Waals surface area contributed by atoms with Gasteiger partial charge in [-0.25, -0.2) is 18.4 Å². The summed E-state index contributed by atoms with van der Waals surface area (Å²) in [7, 11) is 0. The van der Waals surface area contributed by atoms with Crippen LogP contribution in [0, 0.1) is 11.6 Å². The lowest BCUT2D eigenvalue weighted by Crippen LogP contribution is -2.16. The van der Waals surface area contributed by atoms with Crippen molar-refractivity contribution in [2.75, 3.05) is 11.1 Å². The molecule has 0 saturated carbocycles. The summed E-state index contributed by atoms with van der Waals surface area (Å²) in [6.45, 7) is 0. The van der Waals surface area contributed by atoms with E-state index in [1.54, 1.807) is 18.2 Å². The summed E-state index contributed by atoms with van der Waals surface area (Å²) >= 11 is 7.08. The van der Waals surface area contributed by atoms with Crippen LogP contribution in [0.1, 0.15) is 0 Å². The minimum absolute atomic E-state index is 0.0222. The van der Waals surface area contributed by atoms with Gasteiger partial charge in [0.15, 0.2) is 11.6 Å². The highest BCUT2D eigenvalue weighted by atomic mass is 35.5. The molecule has 1 amide bonds. The first-order chi connectivity index (χ1) is 12.0. The predicted octanol–water partition coefficient (Wildman–Crippen LogP) is 3.93. The first-order valence-electron chi connectivity index (χ1n) is 7.05. The van der Waals surface area contributed by atoms with Gasteiger partial charge >= 0.3 is 0 Å². The van der Waals surface area contributed by atoms with Crippen LogP contribution in [-0.4, -0.2) is 26.4 Å². The van der Waals surface area contributed by atoms with Gasteiger partial charge in [0.1, 0.15) is 12.7 Å². The average Bonchev–Trinajstić information content (AvgIpc) is 3.10. The highest BCUT2D eigenvalue weighted by molar-refractivity contribution is 8.00. The quantitative estimate of drug-likeness (QED) is 0.681. The number of nitrogens with one attached hydrogen (secondary N) is 1. The molecular weight excluding hydrogens is 370 g/mol. The summed E-state index contributed by atoms with van der Waals surface area (Å²) in [6.07, 6.45) is 2.87. The van der Waals surface area contributed by atoms with Crippen molar-refractivity contribution in [1.29, 1.82) is 0 Å². The van der Waals surface area contributed by atoms with Crippen LogP contribution in [0.2, 0.25) is 5.02 Å². The summed E-state index contributed by atoms with van der Waals surface area (Å²) < 4.78 is 27.6. The van der Waals surface area contributed by atoms with Crippen molar-refractivity contribution in [1.82, 2.24) is 14.8 Å². The van der Waals surface area contributed by atoms with E-state index in [1.807, 2.05) is 0 Å². The summed E-state index contributed by atoms with van der Waals surface area (Å²) in [5.74, 6) is -2.17. The molecule has 9 heteroatoms. The van der Waals surface area contributed by atoms with Gasteiger partial charge in [0.25, 0.3) is 0 Å². The number of hydrogen-bond donors (Lipinski definition) is 1. The molecule has 0 saturated heterocycles. The zero-order valence-corrected chi connectivity index (χ0v) is 14.2. The number of thioether (sulfide) groups is 1. The monoisotopic (exact) mass is 380 g/mol. The number of rotatable bonds is 5. The number of aromatic nitrogens is 3. The predicted molar refractivity (Wildman–Crippen MR) is 92.1 cm³/mol. The Bertz CT molecular complexity index is 905. The number of amides is 1. The summed E-state index contributed by atoms with van der Waals surface area (Å²) in [5, 5.41) is 7.21. The van der Waals surface area contributed by atoms with Gasteiger partial charge in [-0.3, -0.25) is 4.79 Å².